The normalized spacial score (nSPS) is 15.3. The van der Waals surface area contributed by atoms with E-state index in [1.807, 2.05) is 54.6 Å². The molecule has 0 bridgehead atoms. The topological polar surface area (TPSA) is 92.5 Å². The van der Waals surface area contributed by atoms with Gasteiger partial charge in [-0.15, -0.1) is 0 Å². The van der Waals surface area contributed by atoms with Crippen LogP contribution in [0.25, 0.3) is 12.2 Å². The molecule has 2 amide bonds. The zero-order valence-electron chi connectivity index (χ0n) is 21.8. The third-order valence-corrected chi connectivity index (χ3v) is 7.07. The van der Waals surface area contributed by atoms with Gasteiger partial charge in [-0.3, -0.25) is 19.3 Å². The summed E-state index contributed by atoms with van der Waals surface area (Å²) >= 11 is 0. The molecule has 3 aromatic carbocycles. The fourth-order valence-corrected chi connectivity index (χ4v) is 4.71. The van der Waals surface area contributed by atoms with E-state index < -0.39 is 23.6 Å². The van der Waals surface area contributed by atoms with E-state index in [0.717, 1.165) is 36.7 Å². The average Bonchev–Trinajstić information content (AvgIpc) is 2.94. The van der Waals surface area contributed by atoms with Crippen molar-refractivity contribution in [2.45, 2.75) is 38.8 Å². The fourth-order valence-electron chi connectivity index (χ4n) is 4.71. The Labute approximate surface area is 224 Å². The Hall–Kier alpha value is -4.03. The highest BCUT2D eigenvalue weighted by Gasteiger charge is 2.26. The van der Waals surface area contributed by atoms with Crippen LogP contribution in [0.5, 0.6) is 0 Å². The Kier molecular flexibility index (Phi) is 9.22. The molecule has 3 N–H and O–H groups in total. The van der Waals surface area contributed by atoms with E-state index in [-0.39, 0.29) is 6.42 Å². The summed E-state index contributed by atoms with van der Waals surface area (Å²) in [7, 11) is 0. The number of benzene rings is 3. The van der Waals surface area contributed by atoms with E-state index >= 15 is 0 Å². The van der Waals surface area contributed by atoms with Crippen LogP contribution in [0.15, 0.2) is 78.9 Å². The van der Waals surface area contributed by atoms with Crippen molar-refractivity contribution in [1.29, 1.82) is 0 Å². The molecule has 4 rings (SSSR count). The number of hydrogen-bond acceptors (Lipinski definition) is 4. The van der Waals surface area contributed by atoms with Gasteiger partial charge in [0.2, 0.25) is 5.78 Å². The van der Waals surface area contributed by atoms with Gasteiger partial charge >= 0.3 is 0 Å². The van der Waals surface area contributed by atoms with Gasteiger partial charge in [-0.25, -0.2) is 0 Å². The van der Waals surface area contributed by atoms with Gasteiger partial charge in [0, 0.05) is 18.5 Å². The molecule has 0 spiro atoms. The van der Waals surface area contributed by atoms with E-state index in [2.05, 4.69) is 41.4 Å². The second kappa shape index (κ2) is 13.0. The number of carbonyl (C=O) groups is 3. The number of likely N-dealkylation sites (tertiary alicyclic amines) is 1. The standard InChI is InChI=1S/C32H35N3O3/c1-23-17-19-35(20-18-23)22-26-13-11-24(12-14-26)15-16-27-9-5-6-10-28(27)32(38)34-29(30(36)31(33)37)21-25-7-3-2-4-8-25/h2-16,23,29H,17-22H2,1H3,(H2,33,37)(H,34,38). The minimum absolute atomic E-state index is 0.176. The van der Waals surface area contributed by atoms with Crippen LogP contribution in [0.2, 0.25) is 0 Å². The van der Waals surface area contributed by atoms with Crippen molar-refractivity contribution in [3.63, 3.8) is 0 Å². The first-order valence-corrected chi connectivity index (χ1v) is 13.2. The Morgan fingerprint density at radius 3 is 2.24 bits per heavy atom. The number of nitrogens with two attached hydrogens (primary N) is 1. The van der Waals surface area contributed by atoms with Crippen molar-refractivity contribution in [2.24, 2.45) is 11.7 Å². The Morgan fingerprint density at radius 2 is 1.55 bits per heavy atom. The Bertz CT molecular complexity index is 1280. The van der Waals surface area contributed by atoms with Gasteiger partial charge in [0.05, 0.1) is 0 Å². The van der Waals surface area contributed by atoms with Crippen LogP contribution in [0.3, 0.4) is 0 Å². The number of nitrogens with zero attached hydrogens (tertiary/aromatic N) is 1. The maximum atomic E-state index is 13.2. The molecule has 1 atom stereocenters. The van der Waals surface area contributed by atoms with E-state index in [1.165, 1.54) is 18.4 Å². The Morgan fingerprint density at radius 1 is 0.895 bits per heavy atom. The highest BCUT2D eigenvalue weighted by molar-refractivity contribution is 6.38. The first-order chi connectivity index (χ1) is 18.4. The summed E-state index contributed by atoms with van der Waals surface area (Å²) in [6.45, 7) is 5.59. The average molecular weight is 510 g/mol. The lowest BCUT2D eigenvalue weighted by atomic mass is 9.98. The number of ketones is 1. The lowest BCUT2D eigenvalue weighted by molar-refractivity contribution is -0.137. The van der Waals surface area contributed by atoms with Crippen molar-refractivity contribution in [3.05, 3.63) is 107 Å². The van der Waals surface area contributed by atoms with E-state index in [4.69, 9.17) is 5.73 Å². The number of piperidine rings is 1. The van der Waals surface area contributed by atoms with Crippen LogP contribution in [-0.4, -0.2) is 41.6 Å². The zero-order chi connectivity index (χ0) is 26.9. The summed E-state index contributed by atoms with van der Waals surface area (Å²) in [6, 6.07) is 23.8. The molecular formula is C32H35N3O3. The summed E-state index contributed by atoms with van der Waals surface area (Å²) in [6.07, 6.45) is 6.55. The molecule has 38 heavy (non-hydrogen) atoms. The first kappa shape index (κ1) is 27.0. The SMILES string of the molecule is CC1CCN(Cc2ccc(C=Cc3ccccc3C(=O)NC(Cc3ccccc3)C(=O)C(N)=O)cc2)CC1. The van der Waals surface area contributed by atoms with E-state index in [1.54, 1.807) is 12.1 Å². The number of amides is 2. The molecule has 0 aliphatic carbocycles. The number of Topliss-reactive ketones (excluding diaryl/α,β-unsaturated/α-hetero) is 1. The molecule has 1 heterocycles. The third kappa shape index (κ3) is 7.49. The van der Waals surface area contributed by atoms with Gasteiger partial charge in [0.1, 0.15) is 6.04 Å². The molecule has 1 fully saturated rings. The van der Waals surface area contributed by atoms with Gasteiger partial charge < -0.3 is 11.1 Å². The van der Waals surface area contributed by atoms with Gasteiger partial charge in [0.25, 0.3) is 11.8 Å². The minimum Gasteiger partial charge on any atom is -0.363 e. The summed E-state index contributed by atoms with van der Waals surface area (Å²) in [5, 5.41) is 2.72. The summed E-state index contributed by atoms with van der Waals surface area (Å²) in [5.74, 6) is -1.51. The molecule has 3 aromatic rings. The minimum atomic E-state index is -1.07. The third-order valence-electron chi connectivity index (χ3n) is 7.07. The van der Waals surface area contributed by atoms with Gasteiger partial charge in [-0.05, 0) is 60.2 Å². The number of carbonyl (C=O) groups excluding carboxylic acids is 3. The second-order valence-electron chi connectivity index (χ2n) is 10.1. The first-order valence-electron chi connectivity index (χ1n) is 13.2. The molecule has 1 aliphatic rings. The largest absolute Gasteiger partial charge is 0.363 e. The lowest BCUT2D eigenvalue weighted by Crippen LogP contribution is -2.47. The van der Waals surface area contributed by atoms with Crippen LogP contribution < -0.4 is 11.1 Å². The zero-order valence-corrected chi connectivity index (χ0v) is 21.8. The van der Waals surface area contributed by atoms with Crippen LogP contribution in [0.1, 0.15) is 52.4 Å². The molecule has 6 nitrogen and oxygen atoms in total. The summed E-state index contributed by atoms with van der Waals surface area (Å²) < 4.78 is 0. The summed E-state index contributed by atoms with van der Waals surface area (Å²) in [4.78, 5) is 39.8. The highest BCUT2D eigenvalue weighted by Crippen LogP contribution is 2.19. The second-order valence-corrected chi connectivity index (χ2v) is 10.1. The van der Waals surface area contributed by atoms with Gasteiger partial charge in [-0.2, -0.15) is 0 Å². The maximum absolute atomic E-state index is 13.2. The fraction of sp³-hybridized carbons (Fsp3) is 0.281. The van der Waals surface area contributed by atoms with Gasteiger partial charge in [-0.1, -0.05) is 91.9 Å². The molecule has 1 saturated heterocycles. The lowest BCUT2D eigenvalue weighted by Gasteiger charge is -2.30. The van der Waals surface area contributed by atoms with Crippen molar-refractivity contribution < 1.29 is 14.4 Å². The monoisotopic (exact) mass is 509 g/mol. The number of nitrogens with one attached hydrogen (secondary N) is 1. The predicted molar refractivity (Wildman–Crippen MR) is 151 cm³/mol. The van der Waals surface area contributed by atoms with Crippen molar-refractivity contribution in [2.75, 3.05) is 13.1 Å². The molecule has 6 heteroatoms. The molecule has 0 saturated carbocycles. The van der Waals surface area contributed by atoms with Crippen LogP contribution in [0.4, 0.5) is 0 Å². The van der Waals surface area contributed by atoms with E-state index in [9.17, 15) is 14.4 Å². The molecule has 196 valence electrons. The number of rotatable bonds is 10. The smallest absolute Gasteiger partial charge is 0.287 e. The Balaban J connectivity index is 1.44. The highest BCUT2D eigenvalue weighted by atomic mass is 16.2. The number of hydrogen-bond donors (Lipinski definition) is 2. The molecular weight excluding hydrogens is 474 g/mol. The van der Waals surface area contributed by atoms with Crippen LogP contribution in [-0.2, 0) is 22.6 Å². The van der Waals surface area contributed by atoms with Crippen LogP contribution in [0, 0.1) is 5.92 Å². The van der Waals surface area contributed by atoms with Crippen molar-refractivity contribution >= 4 is 29.7 Å². The molecule has 1 aliphatic heterocycles. The quantitative estimate of drug-likeness (QED) is 0.311. The van der Waals surface area contributed by atoms with Crippen LogP contribution >= 0.6 is 0 Å². The molecule has 0 aromatic heterocycles. The number of primary amides is 1. The summed E-state index contributed by atoms with van der Waals surface area (Å²) in [5.41, 5.74) is 9.52. The maximum Gasteiger partial charge on any atom is 0.287 e. The van der Waals surface area contributed by atoms with Crippen molar-refractivity contribution in [3.8, 4) is 0 Å². The predicted octanol–water partition coefficient (Wildman–Crippen LogP) is 4.48. The van der Waals surface area contributed by atoms with Crippen molar-refractivity contribution in [1.82, 2.24) is 10.2 Å². The molecule has 0 radical (unpaired) electrons. The van der Waals surface area contributed by atoms with Gasteiger partial charge in [0.15, 0.2) is 0 Å². The molecule has 1 unspecified atom stereocenters. The van der Waals surface area contributed by atoms with E-state index in [0.29, 0.717) is 11.1 Å².